The van der Waals surface area contributed by atoms with Crippen LogP contribution < -0.4 is 5.32 Å². The van der Waals surface area contributed by atoms with Crippen LogP contribution in [0.25, 0.3) is 0 Å². The molecule has 0 fully saturated rings. The van der Waals surface area contributed by atoms with E-state index in [0.717, 1.165) is 23.5 Å². The maximum Gasteiger partial charge on any atom is 0.276 e. The van der Waals surface area contributed by atoms with Crippen LogP contribution in [-0.4, -0.2) is 25.2 Å². The average molecular weight is 295 g/mol. The van der Waals surface area contributed by atoms with Crippen molar-refractivity contribution in [2.45, 2.75) is 13.5 Å². The summed E-state index contributed by atoms with van der Waals surface area (Å²) in [7, 11) is 1.82. The van der Waals surface area contributed by atoms with Crippen molar-refractivity contribution in [1.82, 2.24) is 19.3 Å². The van der Waals surface area contributed by atoms with Gasteiger partial charge in [-0.3, -0.25) is 9.48 Å². The van der Waals surface area contributed by atoms with Crippen LogP contribution in [0.15, 0.2) is 49.1 Å². The topological polar surface area (TPSA) is 64.7 Å². The lowest BCUT2D eigenvalue weighted by molar-refractivity contribution is 0.102. The third-order valence-corrected chi connectivity index (χ3v) is 3.48. The lowest BCUT2D eigenvalue weighted by Gasteiger charge is -2.06. The predicted octanol–water partition coefficient (Wildman–Crippen LogP) is 2.23. The molecule has 0 atom stereocenters. The van der Waals surface area contributed by atoms with Gasteiger partial charge < -0.3 is 9.88 Å². The highest BCUT2D eigenvalue weighted by Gasteiger charge is 2.11. The van der Waals surface area contributed by atoms with Crippen LogP contribution in [0.3, 0.4) is 0 Å². The number of aromatic nitrogens is 4. The van der Waals surface area contributed by atoms with Gasteiger partial charge in [-0.2, -0.15) is 5.10 Å². The Balaban J connectivity index is 1.66. The number of anilines is 1. The molecule has 0 aliphatic heterocycles. The van der Waals surface area contributed by atoms with Crippen molar-refractivity contribution in [2.24, 2.45) is 7.05 Å². The molecule has 3 aromatic rings. The maximum atomic E-state index is 12.1. The van der Waals surface area contributed by atoms with Gasteiger partial charge in [-0.15, -0.1) is 0 Å². The molecule has 1 N–H and O–H groups in total. The molecule has 1 aromatic carbocycles. The van der Waals surface area contributed by atoms with Gasteiger partial charge in [0.25, 0.3) is 5.91 Å². The highest BCUT2D eigenvalue weighted by Crippen LogP contribution is 2.12. The molecule has 2 heterocycles. The SMILES string of the molecule is Cc1cc(C(=O)Nc2ccc(Cn3ccnc3)cc2)nn1C. The first-order chi connectivity index (χ1) is 10.6. The van der Waals surface area contributed by atoms with E-state index in [2.05, 4.69) is 15.4 Å². The van der Waals surface area contributed by atoms with E-state index in [1.165, 1.54) is 0 Å². The molecule has 22 heavy (non-hydrogen) atoms. The molecule has 1 amide bonds. The Morgan fingerprint density at radius 3 is 2.64 bits per heavy atom. The molecule has 0 saturated heterocycles. The second-order valence-corrected chi connectivity index (χ2v) is 5.18. The highest BCUT2D eigenvalue weighted by atomic mass is 16.1. The Hall–Kier alpha value is -2.89. The zero-order chi connectivity index (χ0) is 15.5. The van der Waals surface area contributed by atoms with E-state index in [1.54, 1.807) is 23.3 Å². The maximum absolute atomic E-state index is 12.1. The number of amides is 1. The number of benzene rings is 1. The first-order valence-electron chi connectivity index (χ1n) is 6.98. The Bertz CT molecular complexity index is 752. The summed E-state index contributed by atoms with van der Waals surface area (Å²) < 4.78 is 3.67. The fourth-order valence-electron chi connectivity index (χ4n) is 2.15. The van der Waals surface area contributed by atoms with E-state index < -0.39 is 0 Å². The highest BCUT2D eigenvalue weighted by molar-refractivity contribution is 6.02. The summed E-state index contributed by atoms with van der Waals surface area (Å²) in [6, 6.07) is 9.52. The minimum absolute atomic E-state index is 0.203. The summed E-state index contributed by atoms with van der Waals surface area (Å²) >= 11 is 0. The summed E-state index contributed by atoms with van der Waals surface area (Å²) in [6.07, 6.45) is 5.45. The molecule has 0 bridgehead atoms. The lowest BCUT2D eigenvalue weighted by Crippen LogP contribution is -2.13. The Kier molecular flexibility index (Phi) is 3.74. The van der Waals surface area contributed by atoms with Crippen LogP contribution in [0, 0.1) is 6.92 Å². The second kappa shape index (κ2) is 5.85. The van der Waals surface area contributed by atoms with E-state index in [4.69, 9.17) is 0 Å². The quantitative estimate of drug-likeness (QED) is 0.802. The first-order valence-corrected chi connectivity index (χ1v) is 6.98. The molecule has 0 aliphatic rings. The van der Waals surface area contributed by atoms with Gasteiger partial charge in [0, 0.05) is 37.4 Å². The summed E-state index contributed by atoms with van der Waals surface area (Å²) in [6.45, 7) is 2.67. The molecule has 3 rings (SSSR count). The van der Waals surface area contributed by atoms with Gasteiger partial charge in [0.05, 0.1) is 6.33 Å². The van der Waals surface area contributed by atoms with Crippen molar-refractivity contribution in [3.63, 3.8) is 0 Å². The molecular weight excluding hydrogens is 278 g/mol. The molecule has 112 valence electrons. The Morgan fingerprint density at radius 1 is 1.27 bits per heavy atom. The molecule has 6 nitrogen and oxygen atoms in total. The minimum Gasteiger partial charge on any atom is -0.333 e. The lowest BCUT2D eigenvalue weighted by atomic mass is 10.2. The van der Waals surface area contributed by atoms with Crippen LogP contribution >= 0.6 is 0 Å². The number of rotatable bonds is 4. The van der Waals surface area contributed by atoms with Gasteiger partial charge >= 0.3 is 0 Å². The van der Waals surface area contributed by atoms with Crippen molar-refractivity contribution in [2.75, 3.05) is 5.32 Å². The van der Waals surface area contributed by atoms with Crippen LogP contribution in [0.1, 0.15) is 21.7 Å². The van der Waals surface area contributed by atoms with E-state index in [-0.39, 0.29) is 5.91 Å². The van der Waals surface area contributed by atoms with Crippen molar-refractivity contribution >= 4 is 11.6 Å². The number of nitrogens with zero attached hydrogens (tertiary/aromatic N) is 4. The smallest absolute Gasteiger partial charge is 0.276 e. The van der Waals surface area contributed by atoms with Crippen LogP contribution in [0.4, 0.5) is 5.69 Å². The standard InChI is InChI=1S/C16H17N5O/c1-12-9-15(19-20(12)2)16(22)18-14-5-3-13(4-6-14)10-21-8-7-17-11-21/h3-9,11H,10H2,1-2H3,(H,18,22). The molecule has 2 aromatic heterocycles. The first kappa shape index (κ1) is 14.1. The van der Waals surface area contributed by atoms with Gasteiger partial charge in [0.1, 0.15) is 0 Å². The average Bonchev–Trinajstić information content (AvgIpc) is 3.12. The van der Waals surface area contributed by atoms with Gasteiger partial charge in [0.15, 0.2) is 5.69 Å². The van der Waals surface area contributed by atoms with Crippen molar-refractivity contribution in [3.05, 3.63) is 66.0 Å². The van der Waals surface area contributed by atoms with Crippen molar-refractivity contribution in [3.8, 4) is 0 Å². The number of hydrogen-bond acceptors (Lipinski definition) is 3. The summed E-state index contributed by atoms with van der Waals surface area (Å²) in [4.78, 5) is 16.1. The number of nitrogens with one attached hydrogen (secondary N) is 1. The van der Waals surface area contributed by atoms with E-state index in [0.29, 0.717) is 5.69 Å². The minimum atomic E-state index is -0.203. The number of carbonyl (C=O) groups excluding carboxylic acids is 1. The van der Waals surface area contributed by atoms with Crippen LogP contribution in [-0.2, 0) is 13.6 Å². The largest absolute Gasteiger partial charge is 0.333 e. The Morgan fingerprint density at radius 2 is 2.05 bits per heavy atom. The summed E-state index contributed by atoms with van der Waals surface area (Å²) in [5, 5.41) is 7.02. The molecule has 0 saturated carbocycles. The van der Waals surface area contributed by atoms with Crippen molar-refractivity contribution < 1.29 is 4.79 Å². The molecule has 0 spiro atoms. The number of aryl methyl sites for hydroxylation is 2. The van der Waals surface area contributed by atoms with E-state index in [1.807, 2.05) is 49.0 Å². The molecule has 0 radical (unpaired) electrons. The van der Waals surface area contributed by atoms with Crippen molar-refractivity contribution in [1.29, 1.82) is 0 Å². The van der Waals surface area contributed by atoms with Gasteiger partial charge in [0.2, 0.25) is 0 Å². The van der Waals surface area contributed by atoms with Gasteiger partial charge in [-0.1, -0.05) is 12.1 Å². The van der Waals surface area contributed by atoms with Gasteiger partial charge in [-0.05, 0) is 30.7 Å². The number of imidazole rings is 1. The number of carbonyl (C=O) groups is 1. The second-order valence-electron chi connectivity index (χ2n) is 5.18. The summed E-state index contributed by atoms with van der Waals surface area (Å²) in [5.41, 5.74) is 3.26. The zero-order valence-electron chi connectivity index (χ0n) is 12.5. The zero-order valence-corrected chi connectivity index (χ0v) is 12.5. The monoisotopic (exact) mass is 295 g/mol. The fourth-order valence-corrected chi connectivity index (χ4v) is 2.15. The fraction of sp³-hybridized carbons (Fsp3) is 0.188. The van der Waals surface area contributed by atoms with E-state index in [9.17, 15) is 4.79 Å². The molecule has 6 heteroatoms. The third-order valence-electron chi connectivity index (χ3n) is 3.48. The third kappa shape index (κ3) is 3.06. The summed E-state index contributed by atoms with van der Waals surface area (Å²) in [5.74, 6) is -0.203. The Labute approximate surface area is 128 Å². The van der Waals surface area contributed by atoms with Gasteiger partial charge in [-0.25, -0.2) is 4.98 Å². The molecular formula is C16H17N5O. The number of hydrogen-bond donors (Lipinski definition) is 1. The van der Waals surface area contributed by atoms with Crippen LogP contribution in [0.2, 0.25) is 0 Å². The molecule has 0 aliphatic carbocycles. The normalized spacial score (nSPS) is 10.6. The van der Waals surface area contributed by atoms with E-state index >= 15 is 0 Å². The molecule has 0 unspecified atom stereocenters. The van der Waals surface area contributed by atoms with Crippen LogP contribution in [0.5, 0.6) is 0 Å². The predicted molar refractivity (Wildman–Crippen MR) is 83.7 cm³/mol.